The second-order valence-electron chi connectivity index (χ2n) is 3.87. The molecule has 0 amide bonds. The van der Waals surface area contributed by atoms with Gasteiger partial charge in [-0.25, -0.2) is 4.79 Å². The second-order valence-corrected chi connectivity index (χ2v) is 3.87. The zero-order chi connectivity index (χ0) is 11.5. The summed E-state index contributed by atoms with van der Waals surface area (Å²) in [6.45, 7) is 1.43. The van der Waals surface area contributed by atoms with Gasteiger partial charge in [0.05, 0.1) is 0 Å². The van der Waals surface area contributed by atoms with Gasteiger partial charge in [0.15, 0.2) is 0 Å². The Morgan fingerprint density at radius 1 is 1.44 bits per heavy atom. The van der Waals surface area contributed by atoms with E-state index in [-0.39, 0.29) is 18.3 Å². The molecule has 0 aromatic carbocycles. The van der Waals surface area contributed by atoms with E-state index in [9.17, 15) is 9.59 Å². The lowest BCUT2D eigenvalue weighted by Gasteiger charge is -2.24. The molecule has 16 heavy (non-hydrogen) atoms. The number of H-pyrrole nitrogens is 1. The largest absolute Gasteiger partial charge is 0.381 e. The third kappa shape index (κ3) is 2.07. The van der Waals surface area contributed by atoms with Gasteiger partial charge in [0, 0.05) is 37.6 Å². The van der Waals surface area contributed by atoms with Crippen LogP contribution in [-0.4, -0.2) is 22.8 Å². The van der Waals surface area contributed by atoms with Gasteiger partial charge in [-0.3, -0.25) is 14.3 Å². The molecule has 3 N–H and O–H groups in total. The highest BCUT2D eigenvalue weighted by molar-refractivity contribution is 5.04. The van der Waals surface area contributed by atoms with Crippen molar-refractivity contribution in [2.24, 2.45) is 5.73 Å². The lowest BCUT2D eigenvalue weighted by Crippen LogP contribution is -2.36. The van der Waals surface area contributed by atoms with Gasteiger partial charge in [-0.15, -0.1) is 0 Å². The molecule has 1 aliphatic rings. The Hall–Kier alpha value is -1.40. The molecule has 0 bridgehead atoms. The summed E-state index contributed by atoms with van der Waals surface area (Å²) in [5.74, 6) is 0. The molecular weight excluding hydrogens is 210 g/mol. The molecule has 6 nitrogen and oxygen atoms in total. The van der Waals surface area contributed by atoms with Crippen molar-refractivity contribution in [3.8, 4) is 0 Å². The Labute approximate surface area is 92.0 Å². The molecule has 1 saturated heterocycles. The van der Waals surface area contributed by atoms with Gasteiger partial charge >= 0.3 is 5.69 Å². The van der Waals surface area contributed by atoms with Crippen LogP contribution in [0.5, 0.6) is 0 Å². The van der Waals surface area contributed by atoms with Crippen LogP contribution in [0.2, 0.25) is 0 Å². The quantitative estimate of drug-likeness (QED) is 0.699. The average Bonchev–Trinajstić information content (AvgIpc) is 2.30. The molecule has 1 aromatic heterocycles. The van der Waals surface area contributed by atoms with Crippen molar-refractivity contribution in [3.63, 3.8) is 0 Å². The van der Waals surface area contributed by atoms with Crippen molar-refractivity contribution in [3.05, 3.63) is 32.6 Å². The van der Waals surface area contributed by atoms with E-state index in [1.807, 2.05) is 0 Å². The van der Waals surface area contributed by atoms with Crippen LogP contribution in [0.1, 0.15) is 24.4 Å². The fourth-order valence-electron chi connectivity index (χ4n) is 1.91. The minimum atomic E-state index is -0.393. The van der Waals surface area contributed by atoms with Crippen LogP contribution in [0.25, 0.3) is 0 Å². The summed E-state index contributed by atoms with van der Waals surface area (Å²) < 4.78 is 6.79. The number of hydrogen-bond donors (Lipinski definition) is 2. The fourth-order valence-corrected chi connectivity index (χ4v) is 1.91. The fraction of sp³-hybridized carbons (Fsp3) is 0.600. The summed E-state index contributed by atoms with van der Waals surface area (Å²) in [5, 5.41) is 0. The smallest absolute Gasteiger partial charge is 0.328 e. The van der Waals surface area contributed by atoms with Gasteiger partial charge in [-0.05, 0) is 12.8 Å². The summed E-state index contributed by atoms with van der Waals surface area (Å²) in [6, 6.07) is 0.100. The van der Waals surface area contributed by atoms with Crippen molar-refractivity contribution in [1.29, 1.82) is 0 Å². The van der Waals surface area contributed by atoms with E-state index in [1.54, 1.807) is 10.8 Å². The molecule has 1 aliphatic heterocycles. The number of aromatic nitrogens is 2. The molecular formula is C10H15N3O3. The Morgan fingerprint density at radius 2 is 2.12 bits per heavy atom. The van der Waals surface area contributed by atoms with Gasteiger partial charge in [-0.1, -0.05) is 0 Å². The van der Waals surface area contributed by atoms with Crippen LogP contribution in [0.3, 0.4) is 0 Å². The van der Waals surface area contributed by atoms with Crippen LogP contribution in [0, 0.1) is 0 Å². The number of nitrogens with two attached hydrogens (primary N) is 1. The summed E-state index contributed by atoms with van der Waals surface area (Å²) in [7, 11) is 0. The van der Waals surface area contributed by atoms with E-state index in [2.05, 4.69) is 4.98 Å². The molecule has 88 valence electrons. The first-order valence-corrected chi connectivity index (χ1v) is 5.34. The van der Waals surface area contributed by atoms with Crippen LogP contribution < -0.4 is 17.0 Å². The minimum absolute atomic E-state index is 0.100. The first-order chi connectivity index (χ1) is 7.72. The molecule has 0 saturated carbocycles. The highest BCUT2D eigenvalue weighted by Gasteiger charge is 2.17. The summed E-state index contributed by atoms with van der Waals surface area (Å²) >= 11 is 0. The Balaban J connectivity index is 2.39. The van der Waals surface area contributed by atoms with E-state index in [0.29, 0.717) is 18.8 Å². The molecule has 0 aliphatic carbocycles. The summed E-state index contributed by atoms with van der Waals surface area (Å²) in [4.78, 5) is 25.3. The molecule has 2 heterocycles. The summed E-state index contributed by atoms with van der Waals surface area (Å²) in [6.07, 6.45) is 3.14. The second kappa shape index (κ2) is 4.63. The van der Waals surface area contributed by atoms with Crippen molar-refractivity contribution in [2.75, 3.05) is 13.2 Å². The number of hydrogen-bond acceptors (Lipinski definition) is 4. The maximum atomic E-state index is 11.6. The molecule has 1 fully saturated rings. The number of nitrogens with one attached hydrogen (secondary N) is 1. The lowest BCUT2D eigenvalue weighted by atomic mass is 10.1. The zero-order valence-electron chi connectivity index (χ0n) is 8.94. The van der Waals surface area contributed by atoms with Gasteiger partial charge in [-0.2, -0.15) is 0 Å². The predicted octanol–water partition coefficient (Wildman–Crippen LogP) is -0.653. The van der Waals surface area contributed by atoms with Gasteiger partial charge in [0.25, 0.3) is 5.56 Å². The topological polar surface area (TPSA) is 90.1 Å². The first-order valence-electron chi connectivity index (χ1n) is 5.34. The van der Waals surface area contributed by atoms with E-state index >= 15 is 0 Å². The Morgan fingerprint density at radius 3 is 2.75 bits per heavy atom. The molecule has 0 atom stereocenters. The van der Waals surface area contributed by atoms with Gasteiger partial charge < -0.3 is 10.5 Å². The third-order valence-electron chi connectivity index (χ3n) is 2.85. The molecule has 0 unspecified atom stereocenters. The molecule has 6 heteroatoms. The third-order valence-corrected chi connectivity index (χ3v) is 2.85. The van der Waals surface area contributed by atoms with Crippen molar-refractivity contribution in [2.45, 2.75) is 25.4 Å². The highest BCUT2D eigenvalue weighted by Crippen LogP contribution is 2.18. The van der Waals surface area contributed by atoms with Crippen LogP contribution >= 0.6 is 0 Å². The first kappa shape index (κ1) is 11.1. The molecule has 2 rings (SSSR count). The van der Waals surface area contributed by atoms with Crippen LogP contribution in [0.4, 0.5) is 0 Å². The molecule has 0 spiro atoms. The van der Waals surface area contributed by atoms with E-state index < -0.39 is 5.56 Å². The normalized spacial score (nSPS) is 17.6. The van der Waals surface area contributed by atoms with E-state index in [0.717, 1.165) is 12.8 Å². The standard InChI is InChI=1S/C10H15N3O3/c11-5-7-6-13(10(15)12-9(7)14)8-1-3-16-4-2-8/h6,8H,1-5,11H2,(H,12,14,15). The number of rotatable bonds is 2. The van der Waals surface area contributed by atoms with Crippen molar-refractivity contribution >= 4 is 0 Å². The Bertz CT molecular complexity index is 471. The highest BCUT2D eigenvalue weighted by atomic mass is 16.5. The average molecular weight is 225 g/mol. The molecule has 0 radical (unpaired) electrons. The number of ether oxygens (including phenoxy) is 1. The van der Waals surface area contributed by atoms with E-state index in [1.165, 1.54) is 0 Å². The monoisotopic (exact) mass is 225 g/mol. The maximum Gasteiger partial charge on any atom is 0.328 e. The van der Waals surface area contributed by atoms with Crippen LogP contribution in [-0.2, 0) is 11.3 Å². The van der Waals surface area contributed by atoms with E-state index in [4.69, 9.17) is 10.5 Å². The summed E-state index contributed by atoms with van der Waals surface area (Å²) in [5.41, 5.74) is 5.12. The van der Waals surface area contributed by atoms with Gasteiger partial charge in [0.2, 0.25) is 0 Å². The number of nitrogens with zero attached hydrogens (tertiary/aromatic N) is 1. The van der Waals surface area contributed by atoms with Gasteiger partial charge in [0.1, 0.15) is 0 Å². The maximum absolute atomic E-state index is 11.6. The Kier molecular flexibility index (Phi) is 3.21. The predicted molar refractivity (Wildman–Crippen MR) is 58.3 cm³/mol. The van der Waals surface area contributed by atoms with Crippen LogP contribution in [0.15, 0.2) is 15.8 Å². The zero-order valence-corrected chi connectivity index (χ0v) is 8.94. The minimum Gasteiger partial charge on any atom is -0.381 e. The lowest BCUT2D eigenvalue weighted by molar-refractivity contribution is 0.0682. The SMILES string of the molecule is NCc1cn(C2CCOCC2)c(=O)[nH]c1=O. The van der Waals surface area contributed by atoms with Crippen molar-refractivity contribution < 1.29 is 4.74 Å². The number of aromatic amines is 1. The van der Waals surface area contributed by atoms with Crippen molar-refractivity contribution in [1.82, 2.24) is 9.55 Å². The molecule has 1 aromatic rings.